The standard InChI is InChI=1S/C17H20ClNO/c1-12-6-4-5-7-15(12)13(2)19-11-14-8-9-17(20-3)16(18)10-14/h4-10,13,19H,11H2,1-3H3/t13-/m0/s1. The molecule has 0 aromatic heterocycles. The van der Waals surface area contributed by atoms with Gasteiger partial charge in [0.05, 0.1) is 12.1 Å². The highest BCUT2D eigenvalue weighted by Crippen LogP contribution is 2.25. The predicted molar refractivity (Wildman–Crippen MR) is 84.4 cm³/mol. The first-order valence-corrected chi connectivity index (χ1v) is 7.11. The number of nitrogens with one attached hydrogen (secondary N) is 1. The van der Waals surface area contributed by atoms with Crippen LogP contribution in [0.2, 0.25) is 5.02 Å². The van der Waals surface area contributed by atoms with Crippen LogP contribution in [0, 0.1) is 6.92 Å². The van der Waals surface area contributed by atoms with Crippen molar-refractivity contribution in [2.24, 2.45) is 0 Å². The Morgan fingerprint density at radius 3 is 2.60 bits per heavy atom. The van der Waals surface area contributed by atoms with E-state index in [1.165, 1.54) is 11.1 Å². The van der Waals surface area contributed by atoms with Crippen LogP contribution >= 0.6 is 11.6 Å². The van der Waals surface area contributed by atoms with Crippen molar-refractivity contribution >= 4 is 11.6 Å². The zero-order valence-corrected chi connectivity index (χ0v) is 12.9. The van der Waals surface area contributed by atoms with Crippen molar-refractivity contribution in [3.05, 3.63) is 64.2 Å². The number of halogens is 1. The van der Waals surface area contributed by atoms with E-state index in [0.29, 0.717) is 16.8 Å². The van der Waals surface area contributed by atoms with Crippen molar-refractivity contribution in [2.45, 2.75) is 26.4 Å². The summed E-state index contributed by atoms with van der Waals surface area (Å²) < 4.78 is 5.16. The molecule has 0 saturated carbocycles. The van der Waals surface area contributed by atoms with Gasteiger partial charge >= 0.3 is 0 Å². The summed E-state index contributed by atoms with van der Waals surface area (Å²) in [6, 6.07) is 14.6. The third kappa shape index (κ3) is 3.53. The highest BCUT2D eigenvalue weighted by molar-refractivity contribution is 6.32. The van der Waals surface area contributed by atoms with Gasteiger partial charge in [-0.2, -0.15) is 0 Å². The van der Waals surface area contributed by atoms with Crippen LogP contribution in [0.15, 0.2) is 42.5 Å². The molecule has 1 N–H and O–H groups in total. The van der Waals surface area contributed by atoms with E-state index in [-0.39, 0.29) is 0 Å². The summed E-state index contributed by atoms with van der Waals surface area (Å²) in [5.41, 5.74) is 3.78. The summed E-state index contributed by atoms with van der Waals surface area (Å²) in [6.45, 7) is 5.09. The molecule has 0 fully saturated rings. The lowest BCUT2D eigenvalue weighted by Crippen LogP contribution is -2.18. The molecule has 2 aromatic carbocycles. The maximum absolute atomic E-state index is 6.13. The number of methoxy groups -OCH3 is 1. The number of hydrogen-bond acceptors (Lipinski definition) is 2. The number of aryl methyl sites for hydroxylation is 1. The van der Waals surface area contributed by atoms with Gasteiger partial charge in [0.2, 0.25) is 0 Å². The Balaban J connectivity index is 2.02. The van der Waals surface area contributed by atoms with Gasteiger partial charge in [-0.05, 0) is 42.7 Å². The molecule has 0 heterocycles. The fourth-order valence-electron chi connectivity index (χ4n) is 2.27. The Bertz CT molecular complexity index is 583. The maximum Gasteiger partial charge on any atom is 0.137 e. The normalized spacial score (nSPS) is 12.2. The van der Waals surface area contributed by atoms with E-state index in [9.17, 15) is 0 Å². The molecule has 0 bridgehead atoms. The van der Waals surface area contributed by atoms with Crippen LogP contribution in [0.3, 0.4) is 0 Å². The zero-order chi connectivity index (χ0) is 14.5. The van der Waals surface area contributed by atoms with Crippen molar-refractivity contribution in [1.82, 2.24) is 5.32 Å². The first kappa shape index (κ1) is 14.9. The molecule has 2 nitrogen and oxygen atoms in total. The number of rotatable bonds is 5. The highest BCUT2D eigenvalue weighted by atomic mass is 35.5. The quantitative estimate of drug-likeness (QED) is 0.874. The van der Waals surface area contributed by atoms with Crippen molar-refractivity contribution in [3.63, 3.8) is 0 Å². The minimum Gasteiger partial charge on any atom is -0.495 e. The summed E-state index contributed by atoms with van der Waals surface area (Å²) >= 11 is 6.13. The van der Waals surface area contributed by atoms with E-state index < -0.39 is 0 Å². The van der Waals surface area contributed by atoms with Crippen LogP contribution in [0.5, 0.6) is 5.75 Å². The van der Waals surface area contributed by atoms with Crippen LogP contribution < -0.4 is 10.1 Å². The molecule has 0 spiro atoms. The fraction of sp³-hybridized carbons (Fsp3) is 0.294. The Morgan fingerprint density at radius 2 is 1.95 bits per heavy atom. The second-order valence-corrected chi connectivity index (χ2v) is 5.34. The van der Waals surface area contributed by atoms with Gasteiger partial charge < -0.3 is 10.1 Å². The molecular weight excluding hydrogens is 270 g/mol. The molecule has 2 aromatic rings. The van der Waals surface area contributed by atoms with Crippen LogP contribution in [0.4, 0.5) is 0 Å². The summed E-state index contributed by atoms with van der Waals surface area (Å²) in [6.07, 6.45) is 0. The van der Waals surface area contributed by atoms with E-state index in [4.69, 9.17) is 16.3 Å². The van der Waals surface area contributed by atoms with Crippen LogP contribution in [-0.4, -0.2) is 7.11 Å². The lowest BCUT2D eigenvalue weighted by Gasteiger charge is -2.17. The topological polar surface area (TPSA) is 21.3 Å². The highest BCUT2D eigenvalue weighted by Gasteiger charge is 2.08. The molecule has 0 aliphatic heterocycles. The van der Waals surface area contributed by atoms with Gasteiger partial charge in [-0.25, -0.2) is 0 Å². The van der Waals surface area contributed by atoms with Gasteiger partial charge in [-0.15, -0.1) is 0 Å². The largest absolute Gasteiger partial charge is 0.495 e. The lowest BCUT2D eigenvalue weighted by atomic mass is 10.0. The molecule has 0 unspecified atom stereocenters. The average molecular weight is 290 g/mol. The second-order valence-electron chi connectivity index (χ2n) is 4.93. The van der Waals surface area contributed by atoms with E-state index in [2.05, 4.69) is 43.4 Å². The molecule has 3 heteroatoms. The van der Waals surface area contributed by atoms with Gasteiger partial charge in [0.15, 0.2) is 0 Å². The molecule has 0 amide bonds. The van der Waals surface area contributed by atoms with Gasteiger partial charge in [-0.3, -0.25) is 0 Å². The summed E-state index contributed by atoms with van der Waals surface area (Å²) in [4.78, 5) is 0. The summed E-state index contributed by atoms with van der Waals surface area (Å²) in [5, 5.41) is 4.17. The van der Waals surface area contributed by atoms with E-state index in [1.54, 1.807) is 7.11 Å². The smallest absolute Gasteiger partial charge is 0.137 e. The monoisotopic (exact) mass is 289 g/mol. The van der Waals surface area contributed by atoms with Crippen molar-refractivity contribution in [1.29, 1.82) is 0 Å². The van der Waals surface area contributed by atoms with Gasteiger partial charge in [0, 0.05) is 12.6 Å². The summed E-state index contributed by atoms with van der Waals surface area (Å²) in [5.74, 6) is 0.711. The minimum absolute atomic E-state index is 0.303. The van der Waals surface area contributed by atoms with E-state index >= 15 is 0 Å². The van der Waals surface area contributed by atoms with Crippen LogP contribution in [0.1, 0.15) is 29.7 Å². The molecule has 0 aliphatic carbocycles. The molecule has 0 saturated heterocycles. The molecule has 20 heavy (non-hydrogen) atoms. The molecule has 2 rings (SSSR count). The number of benzene rings is 2. The summed E-state index contributed by atoms with van der Waals surface area (Å²) in [7, 11) is 1.62. The number of ether oxygens (including phenoxy) is 1. The van der Waals surface area contributed by atoms with Crippen LogP contribution in [-0.2, 0) is 6.54 Å². The molecule has 1 atom stereocenters. The van der Waals surface area contributed by atoms with Gasteiger partial charge in [-0.1, -0.05) is 41.9 Å². The zero-order valence-electron chi connectivity index (χ0n) is 12.1. The minimum atomic E-state index is 0.303. The SMILES string of the molecule is COc1ccc(CN[C@@H](C)c2ccccc2C)cc1Cl. The Labute approximate surface area is 125 Å². The maximum atomic E-state index is 6.13. The molecule has 0 radical (unpaired) electrons. The van der Waals surface area contributed by atoms with Crippen molar-refractivity contribution in [3.8, 4) is 5.75 Å². The Morgan fingerprint density at radius 1 is 1.20 bits per heavy atom. The predicted octanol–water partition coefficient (Wildman–Crippen LogP) is 4.51. The average Bonchev–Trinajstić information content (AvgIpc) is 2.45. The van der Waals surface area contributed by atoms with Gasteiger partial charge in [0.25, 0.3) is 0 Å². The Hall–Kier alpha value is -1.51. The first-order chi connectivity index (χ1) is 9.61. The third-order valence-electron chi connectivity index (χ3n) is 3.48. The second kappa shape index (κ2) is 6.78. The third-order valence-corrected chi connectivity index (χ3v) is 3.78. The first-order valence-electron chi connectivity index (χ1n) is 6.73. The van der Waals surface area contributed by atoms with Crippen molar-refractivity contribution in [2.75, 3.05) is 7.11 Å². The Kier molecular flexibility index (Phi) is 5.05. The van der Waals surface area contributed by atoms with Crippen LogP contribution in [0.25, 0.3) is 0 Å². The van der Waals surface area contributed by atoms with E-state index in [0.717, 1.165) is 12.1 Å². The molecular formula is C17H20ClNO. The molecule has 106 valence electrons. The lowest BCUT2D eigenvalue weighted by molar-refractivity contribution is 0.414. The number of hydrogen-bond donors (Lipinski definition) is 1. The van der Waals surface area contributed by atoms with E-state index in [1.807, 2.05) is 18.2 Å². The molecule has 0 aliphatic rings. The fourth-order valence-corrected chi connectivity index (χ4v) is 2.55. The van der Waals surface area contributed by atoms with Gasteiger partial charge in [0.1, 0.15) is 5.75 Å². The van der Waals surface area contributed by atoms with Crippen molar-refractivity contribution < 1.29 is 4.74 Å².